The maximum absolute atomic E-state index is 13.2. The van der Waals surface area contributed by atoms with E-state index in [4.69, 9.17) is 9.47 Å². The predicted octanol–water partition coefficient (Wildman–Crippen LogP) is 2.15. The van der Waals surface area contributed by atoms with Gasteiger partial charge < -0.3 is 9.47 Å². The van der Waals surface area contributed by atoms with Crippen LogP contribution in [0.3, 0.4) is 0 Å². The molecule has 0 saturated heterocycles. The molecule has 0 fully saturated rings. The van der Waals surface area contributed by atoms with Gasteiger partial charge in [0, 0.05) is 13.0 Å². The van der Waals surface area contributed by atoms with Gasteiger partial charge in [-0.3, -0.25) is 4.79 Å². The van der Waals surface area contributed by atoms with Gasteiger partial charge in [0.25, 0.3) is 0 Å². The predicted molar refractivity (Wildman–Crippen MR) is 48.9 cm³/mol. The zero-order valence-electron chi connectivity index (χ0n) is 8.04. The molecule has 0 aromatic heterocycles. The number of rotatable bonds is 3. The van der Waals surface area contributed by atoms with E-state index >= 15 is 0 Å². The van der Waals surface area contributed by atoms with Crippen LogP contribution >= 0.6 is 0 Å². The third kappa shape index (κ3) is 2.73. The fraction of sp³-hybridized carbons (Fsp3) is 0.300. The molecule has 0 aliphatic carbocycles. The second-order valence-corrected chi connectivity index (χ2v) is 2.62. The van der Waals surface area contributed by atoms with Crippen molar-refractivity contribution in [2.45, 2.75) is 13.8 Å². The van der Waals surface area contributed by atoms with Gasteiger partial charge in [-0.25, -0.2) is 4.39 Å². The van der Waals surface area contributed by atoms with Crippen molar-refractivity contribution in [1.29, 1.82) is 0 Å². The molecule has 1 rings (SSSR count). The number of halogens is 1. The molecule has 0 unspecified atom stereocenters. The van der Waals surface area contributed by atoms with Gasteiger partial charge >= 0.3 is 5.97 Å². The molecule has 0 radical (unpaired) electrons. The van der Waals surface area contributed by atoms with Crippen LogP contribution < -0.4 is 9.47 Å². The molecule has 0 N–H and O–H groups in total. The largest absolute Gasteiger partial charge is 0.491 e. The maximum Gasteiger partial charge on any atom is 0.308 e. The molecule has 76 valence electrons. The minimum Gasteiger partial charge on any atom is -0.491 e. The highest BCUT2D eigenvalue weighted by atomic mass is 19.1. The Morgan fingerprint density at radius 2 is 2.21 bits per heavy atom. The van der Waals surface area contributed by atoms with Crippen LogP contribution in [0.15, 0.2) is 18.2 Å². The Bertz CT molecular complexity index is 336. The van der Waals surface area contributed by atoms with Gasteiger partial charge in [-0.15, -0.1) is 0 Å². The summed E-state index contributed by atoms with van der Waals surface area (Å²) in [6.45, 7) is 3.41. The normalized spacial score (nSPS) is 9.64. The number of hydrogen-bond donors (Lipinski definition) is 0. The Morgan fingerprint density at radius 3 is 2.71 bits per heavy atom. The fourth-order valence-electron chi connectivity index (χ4n) is 0.984. The highest BCUT2D eigenvalue weighted by Gasteiger charge is 2.05. The van der Waals surface area contributed by atoms with Gasteiger partial charge in [0.2, 0.25) is 0 Å². The first-order valence-electron chi connectivity index (χ1n) is 4.24. The SMILES string of the molecule is CCOc1ccc(OC(C)=O)cc1F. The second-order valence-electron chi connectivity index (χ2n) is 2.62. The summed E-state index contributed by atoms with van der Waals surface area (Å²) in [5.41, 5.74) is 0. The highest BCUT2D eigenvalue weighted by molar-refractivity contribution is 5.69. The monoisotopic (exact) mass is 198 g/mol. The van der Waals surface area contributed by atoms with E-state index in [-0.39, 0.29) is 11.5 Å². The summed E-state index contributed by atoms with van der Waals surface area (Å²) in [7, 11) is 0. The van der Waals surface area contributed by atoms with E-state index in [0.29, 0.717) is 6.61 Å². The average Bonchev–Trinajstić information content (AvgIpc) is 2.09. The lowest BCUT2D eigenvalue weighted by Crippen LogP contribution is -2.02. The zero-order valence-corrected chi connectivity index (χ0v) is 8.04. The molecule has 0 aliphatic heterocycles. The first-order chi connectivity index (χ1) is 6.63. The lowest BCUT2D eigenvalue weighted by Gasteiger charge is -2.06. The molecular weight excluding hydrogens is 187 g/mol. The number of carbonyl (C=O) groups is 1. The minimum absolute atomic E-state index is 0.156. The van der Waals surface area contributed by atoms with Crippen LogP contribution in [0.1, 0.15) is 13.8 Å². The van der Waals surface area contributed by atoms with Gasteiger partial charge in [0.1, 0.15) is 5.75 Å². The molecule has 0 bridgehead atoms. The number of ether oxygens (including phenoxy) is 2. The van der Waals surface area contributed by atoms with Gasteiger partial charge in [-0.2, -0.15) is 0 Å². The van der Waals surface area contributed by atoms with Crippen LogP contribution in [-0.4, -0.2) is 12.6 Å². The van der Waals surface area contributed by atoms with E-state index in [1.165, 1.54) is 19.1 Å². The molecule has 0 saturated carbocycles. The molecule has 0 spiro atoms. The summed E-state index contributed by atoms with van der Waals surface area (Å²) < 4.78 is 22.8. The van der Waals surface area contributed by atoms with Crippen molar-refractivity contribution < 1.29 is 18.7 Å². The third-order valence-electron chi connectivity index (χ3n) is 1.46. The smallest absolute Gasteiger partial charge is 0.308 e. The minimum atomic E-state index is -0.536. The molecule has 0 amide bonds. The van der Waals surface area contributed by atoms with E-state index in [1.54, 1.807) is 6.92 Å². The number of hydrogen-bond acceptors (Lipinski definition) is 3. The Balaban J connectivity index is 2.83. The molecule has 0 aliphatic rings. The second kappa shape index (κ2) is 4.60. The highest BCUT2D eigenvalue weighted by Crippen LogP contribution is 2.22. The van der Waals surface area contributed by atoms with E-state index in [1.807, 2.05) is 0 Å². The molecule has 1 aromatic rings. The van der Waals surface area contributed by atoms with Crippen molar-refractivity contribution >= 4 is 5.97 Å². The lowest BCUT2D eigenvalue weighted by atomic mass is 10.3. The Kier molecular flexibility index (Phi) is 3.45. The van der Waals surface area contributed by atoms with Crippen molar-refractivity contribution in [3.8, 4) is 11.5 Å². The van der Waals surface area contributed by atoms with Crippen LogP contribution in [0.25, 0.3) is 0 Å². The van der Waals surface area contributed by atoms with Crippen molar-refractivity contribution in [1.82, 2.24) is 0 Å². The Hall–Kier alpha value is -1.58. The molecule has 1 aromatic carbocycles. The summed E-state index contributed by atoms with van der Waals surface area (Å²) in [4.78, 5) is 10.6. The molecule has 0 atom stereocenters. The topological polar surface area (TPSA) is 35.5 Å². The lowest BCUT2D eigenvalue weighted by molar-refractivity contribution is -0.131. The summed E-state index contributed by atoms with van der Waals surface area (Å²) in [5, 5.41) is 0. The van der Waals surface area contributed by atoms with E-state index in [9.17, 15) is 9.18 Å². The van der Waals surface area contributed by atoms with Gasteiger partial charge in [-0.1, -0.05) is 0 Å². The Morgan fingerprint density at radius 1 is 1.50 bits per heavy atom. The first kappa shape index (κ1) is 10.5. The molecule has 0 heterocycles. The molecule has 4 heteroatoms. The molecule has 3 nitrogen and oxygen atoms in total. The van der Waals surface area contributed by atoms with Crippen LogP contribution in [0, 0.1) is 5.82 Å². The van der Waals surface area contributed by atoms with Crippen LogP contribution in [0.5, 0.6) is 11.5 Å². The quantitative estimate of drug-likeness (QED) is 0.551. The van der Waals surface area contributed by atoms with Crippen molar-refractivity contribution in [2.24, 2.45) is 0 Å². The number of esters is 1. The molecule has 14 heavy (non-hydrogen) atoms. The number of benzene rings is 1. The average molecular weight is 198 g/mol. The molecular formula is C10H11FO3. The van der Waals surface area contributed by atoms with Gasteiger partial charge in [0.05, 0.1) is 6.61 Å². The van der Waals surface area contributed by atoms with E-state index in [2.05, 4.69) is 0 Å². The van der Waals surface area contributed by atoms with Crippen molar-refractivity contribution in [2.75, 3.05) is 6.61 Å². The maximum atomic E-state index is 13.2. The van der Waals surface area contributed by atoms with E-state index < -0.39 is 11.8 Å². The first-order valence-corrected chi connectivity index (χ1v) is 4.24. The van der Waals surface area contributed by atoms with Crippen LogP contribution in [0.2, 0.25) is 0 Å². The van der Waals surface area contributed by atoms with Crippen molar-refractivity contribution in [3.05, 3.63) is 24.0 Å². The van der Waals surface area contributed by atoms with Gasteiger partial charge in [0.15, 0.2) is 11.6 Å². The Labute approximate surface area is 81.4 Å². The summed E-state index contributed by atoms with van der Waals surface area (Å²) >= 11 is 0. The third-order valence-corrected chi connectivity index (χ3v) is 1.46. The zero-order chi connectivity index (χ0) is 10.6. The standard InChI is InChI=1S/C10H11FO3/c1-3-13-10-5-4-8(6-9(10)11)14-7(2)12/h4-6H,3H2,1-2H3. The van der Waals surface area contributed by atoms with Crippen molar-refractivity contribution in [3.63, 3.8) is 0 Å². The van der Waals surface area contributed by atoms with Crippen LogP contribution in [0.4, 0.5) is 4.39 Å². The summed E-state index contributed by atoms with van der Waals surface area (Å²) in [5.74, 6) is -0.680. The summed E-state index contributed by atoms with van der Waals surface area (Å²) in [6, 6.07) is 4.03. The summed E-state index contributed by atoms with van der Waals surface area (Å²) in [6.07, 6.45) is 0. The number of carbonyl (C=O) groups excluding carboxylic acids is 1. The van der Waals surface area contributed by atoms with Gasteiger partial charge in [-0.05, 0) is 19.1 Å². The van der Waals surface area contributed by atoms with Crippen LogP contribution in [-0.2, 0) is 4.79 Å². The fourth-order valence-corrected chi connectivity index (χ4v) is 0.984. The van der Waals surface area contributed by atoms with E-state index in [0.717, 1.165) is 6.07 Å².